The van der Waals surface area contributed by atoms with Crippen molar-refractivity contribution in [3.05, 3.63) is 42.3 Å². The van der Waals surface area contributed by atoms with Crippen LogP contribution in [0.3, 0.4) is 0 Å². The maximum absolute atomic E-state index is 13.1. The van der Waals surface area contributed by atoms with Crippen LogP contribution in [0, 0.1) is 5.82 Å². The van der Waals surface area contributed by atoms with Crippen LogP contribution in [-0.4, -0.2) is 67.3 Å². The van der Waals surface area contributed by atoms with E-state index in [9.17, 15) is 4.39 Å². The van der Waals surface area contributed by atoms with Gasteiger partial charge in [0.1, 0.15) is 5.82 Å². The van der Waals surface area contributed by atoms with Crippen LogP contribution >= 0.6 is 0 Å². The minimum absolute atomic E-state index is 0.184. The Morgan fingerprint density at radius 1 is 1.00 bits per heavy atom. The SMILES string of the molecule is COc1ccnc(N2CC(N3CCN(c4ccc(F)cc4)CC3)C2)n1. The molecule has 0 atom stereocenters. The first kappa shape index (κ1) is 16.1. The zero-order valence-corrected chi connectivity index (χ0v) is 14.3. The molecule has 132 valence electrons. The van der Waals surface area contributed by atoms with Gasteiger partial charge in [-0.15, -0.1) is 0 Å². The van der Waals surface area contributed by atoms with Crippen molar-refractivity contribution in [2.75, 3.05) is 56.2 Å². The number of benzene rings is 1. The first-order valence-corrected chi connectivity index (χ1v) is 8.59. The molecule has 7 heteroatoms. The molecule has 0 radical (unpaired) electrons. The molecule has 3 heterocycles. The molecule has 0 N–H and O–H groups in total. The van der Waals surface area contributed by atoms with E-state index in [1.807, 2.05) is 12.1 Å². The predicted octanol–water partition coefficient (Wildman–Crippen LogP) is 1.64. The van der Waals surface area contributed by atoms with Gasteiger partial charge in [-0.2, -0.15) is 4.98 Å². The second-order valence-corrected chi connectivity index (χ2v) is 6.46. The Labute approximate surface area is 146 Å². The number of rotatable bonds is 4. The van der Waals surface area contributed by atoms with Gasteiger partial charge in [-0.25, -0.2) is 9.37 Å². The van der Waals surface area contributed by atoms with Crippen molar-refractivity contribution in [2.24, 2.45) is 0 Å². The van der Waals surface area contributed by atoms with Crippen molar-refractivity contribution in [3.63, 3.8) is 0 Å². The molecule has 25 heavy (non-hydrogen) atoms. The number of hydrogen-bond acceptors (Lipinski definition) is 6. The van der Waals surface area contributed by atoms with Crippen LogP contribution in [0.1, 0.15) is 0 Å². The molecule has 2 fully saturated rings. The van der Waals surface area contributed by atoms with Gasteiger partial charge in [0.2, 0.25) is 11.8 Å². The fourth-order valence-corrected chi connectivity index (χ4v) is 3.45. The molecule has 0 bridgehead atoms. The number of piperazine rings is 1. The number of hydrogen-bond donors (Lipinski definition) is 0. The molecule has 1 aromatic carbocycles. The average Bonchev–Trinajstić information content (AvgIpc) is 2.62. The van der Waals surface area contributed by atoms with Crippen molar-refractivity contribution in [1.82, 2.24) is 14.9 Å². The van der Waals surface area contributed by atoms with E-state index in [0.29, 0.717) is 11.9 Å². The third kappa shape index (κ3) is 3.37. The Morgan fingerprint density at radius 3 is 2.40 bits per heavy atom. The molecule has 6 nitrogen and oxygen atoms in total. The largest absolute Gasteiger partial charge is 0.481 e. The smallest absolute Gasteiger partial charge is 0.228 e. The van der Waals surface area contributed by atoms with Crippen molar-refractivity contribution in [3.8, 4) is 5.88 Å². The third-order valence-electron chi connectivity index (χ3n) is 4.99. The molecular weight excluding hydrogens is 321 g/mol. The van der Waals surface area contributed by atoms with Crippen LogP contribution < -0.4 is 14.5 Å². The molecule has 0 unspecified atom stereocenters. The van der Waals surface area contributed by atoms with Crippen LogP contribution in [0.25, 0.3) is 0 Å². The molecular formula is C18H22FN5O. The quantitative estimate of drug-likeness (QED) is 0.841. The normalized spacial score (nSPS) is 19.0. The lowest BCUT2D eigenvalue weighted by atomic mass is 10.1. The molecule has 0 spiro atoms. The Balaban J connectivity index is 1.29. The molecule has 1 aromatic heterocycles. The highest BCUT2D eigenvalue weighted by Crippen LogP contribution is 2.24. The van der Waals surface area contributed by atoms with E-state index in [1.165, 1.54) is 12.1 Å². The molecule has 2 aliphatic rings. The summed E-state index contributed by atoms with van der Waals surface area (Å²) in [5.41, 5.74) is 1.10. The van der Waals surface area contributed by atoms with Gasteiger partial charge in [0.15, 0.2) is 0 Å². The van der Waals surface area contributed by atoms with E-state index in [2.05, 4.69) is 24.7 Å². The molecule has 0 amide bonds. The highest BCUT2D eigenvalue weighted by Gasteiger charge is 2.34. The number of nitrogens with zero attached hydrogens (tertiary/aromatic N) is 5. The van der Waals surface area contributed by atoms with Crippen molar-refractivity contribution in [1.29, 1.82) is 0 Å². The standard InChI is InChI=1S/C18H22FN5O/c1-25-17-6-7-20-18(21-17)24-12-16(13-24)23-10-8-22(9-11-23)15-4-2-14(19)3-5-15/h2-7,16H,8-13H2,1H3. The van der Waals surface area contributed by atoms with Crippen LogP contribution in [-0.2, 0) is 0 Å². The van der Waals surface area contributed by atoms with E-state index in [1.54, 1.807) is 19.4 Å². The Kier molecular flexibility index (Phi) is 4.40. The maximum atomic E-state index is 13.1. The zero-order valence-electron chi connectivity index (χ0n) is 14.3. The number of aromatic nitrogens is 2. The highest BCUT2D eigenvalue weighted by atomic mass is 19.1. The minimum atomic E-state index is -0.184. The first-order valence-electron chi connectivity index (χ1n) is 8.59. The Morgan fingerprint density at radius 2 is 1.72 bits per heavy atom. The van der Waals surface area contributed by atoms with Gasteiger partial charge in [0.05, 0.1) is 7.11 Å². The molecule has 0 aliphatic carbocycles. The van der Waals surface area contributed by atoms with Gasteiger partial charge >= 0.3 is 0 Å². The zero-order chi connectivity index (χ0) is 17.2. The third-order valence-corrected chi connectivity index (χ3v) is 4.99. The lowest BCUT2D eigenvalue weighted by molar-refractivity contribution is 0.156. The van der Waals surface area contributed by atoms with Gasteiger partial charge in [-0.3, -0.25) is 4.90 Å². The molecule has 2 aromatic rings. The highest BCUT2D eigenvalue weighted by molar-refractivity contribution is 5.46. The number of halogens is 1. The summed E-state index contributed by atoms with van der Waals surface area (Å²) in [5, 5.41) is 0. The fourth-order valence-electron chi connectivity index (χ4n) is 3.45. The number of ether oxygens (including phenoxy) is 1. The van der Waals surface area contributed by atoms with Crippen LogP contribution in [0.5, 0.6) is 5.88 Å². The summed E-state index contributed by atoms with van der Waals surface area (Å²) >= 11 is 0. The number of methoxy groups -OCH3 is 1. The first-order chi connectivity index (χ1) is 12.2. The molecule has 4 rings (SSSR count). The summed E-state index contributed by atoms with van der Waals surface area (Å²) in [6, 6.07) is 9.08. The van der Waals surface area contributed by atoms with Gasteiger partial charge in [0, 0.05) is 63.3 Å². The molecule has 0 saturated carbocycles. The summed E-state index contributed by atoms with van der Waals surface area (Å²) < 4.78 is 18.2. The monoisotopic (exact) mass is 343 g/mol. The fraction of sp³-hybridized carbons (Fsp3) is 0.444. The second kappa shape index (κ2) is 6.84. The van der Waals surface area contributed by atoms with Crippen LogP contribution in [0.15, 0.2) is 36.5 Å². The van der Waals surface area contributed by atoms with Crippen molar-refractivity contribution >= 4 is 11.6 Å². The molecule has 2 aliphatic heterocycles. The summed E-state index contributed by atoms with van der Waals surface area (Å²) in [4.78, 5) is 15.7. The van der Waals surface area contributed by atoms with E-state index in [-0.39, 0.29) is 5.82 Å². The van der Waals surface area contributed by atoms with Crippen LogP contribution in [0.4, 0.5) is 16.0 Å². The maximum Gasteiger partial charge on any atom is 0.228 e. The summed E-state index contributed by atoms with van der Waals surface area (Å²) in [7, 11) is 1.62. The van der Waals surface area contributed by atoms with Crippen molar-refractivity contribution in [2.45, 2.75) is 6.04 Å². The van der Waals surface area contributed by atoms with Gasteiger partial charge in [0.25, 0.3) is 0 Å². The van der Waals surface area contributed by atoms with Gasteiger partial charge in [-0.05, 0) is 24.3 Å². The van der Waals surface area contributed by atoms with E-state index < -0.39 is 0 Å². The van der Waals surface area contributed by atoms with Gasteiger partial charge in [-0.1, -0.05) is 0 Å². The van der Waals surface area contributed by atoms with Crippen LogP contribution in [0.2, 0.25) is 0 Å². The molecule has 2 saturated heterocycles. The average molecular weight is 343 g/mol. The lowest BCUT2D eigenvalue weighted by Gasteiger charge is -2.48. The minimum Gasteiger partial charge on any atom is -0.481 e. The number of anilines is 2. The Bertz CT molecular complexity index is 712. The van der Waals surface area contributed by atoms with Crippen molar-refractivity contribution < 1.29 is 9.13 Å². The van der Waals surface area contributed by atoms with Gasteiger partial charge < -0.3 is 14.5 Å². The predicted molar refractivity (Wildman–Crippen MR) is 94.8 cm³/mol. The topological polar surface area (TPSA) is 44.7 Å². The lowest BCUT2D eigenvalue weighted by Crippen LogP contribution is -2.63. The summed E-state index contributed by atoms with van der Waals surface area (Å²) in [6.07, 6.45) is 1.73. The second-order valence-electron chi connectivity index (χ2n) is 6.46. The van der Waals surface area contributed by atoms with E-state index in [0.717, 1.165) is 50.9 Å². The van der Waals surface area contributed by atoms with E-state index in [4.69, 9.17) is 4.74 Å². The summed E-state index contributed by atoms with van der Waals surface area (Å²) in [5.74, 6) is 1.15. The van der Waals surface area contributed by atoms with E-state index >= 15 is 0 Å². The Hall–Kier alpha value is -2.41. The summed E-state index contributed by atoms with van der Waals surface area (Å²) in [6.45, 7) is 5.88.